The van der Waals surface area contributed by atoms with E-state index in [1.807, 2.05) is 0 Å². The second-order valence-corrected chi connectivity index (χ2v) is 6.61. The fourth-order valence-electron chi connectivity index (χ4n) is 1.45. The monoisotopic (exact) mass is 806 g/mol. The maximum Gasteiger partial charge on any atom is 0.435 e. The zero-order valence-corrected chi connectivity index (χ0v) is 20.0. The third-order valence-electron chi connectivity index (χ3n) is 3.69. The summed E-state index contributed by atoms with van der Waals surface area (Å²) < 4.78 is 308. The van der Waals surface area contributed by atoms with Gasteiger partial charge in [-0.2, -0.15) is 119 Å². The van der Waals surface area contributed by atoms with Crippen LogP contribution >= 0.6 is 0 Å². The van der Waals surface area contributed by atoms with Gasteiger partial charge >= 0.3 is 72.4 Å². The summed E-state index contributed by atoms with van der Waals surface area (Å²) in [6.45, 7) is 0. The Morgan fingerprint density at radius 3 is 0.233 bits per heavy atom. The van der Waals surface area contributed by atoms with Crippen LogP contribution in [0.5, 0.6) is 0 Å². The van der Waals surface area contributed by atoms with Gasteiger partial charge in [-0.15, -0.1) is 0 Å². The number of hydrogen-bond acceptors (Lipinski definition) is 3. The predicted octanol–water partition coefficient (Wildman–Crippen LogP) is 7.21. The molecule has 0 unspecified atom stereocenters. The number of hydrogen-bond donors (Lipinski definition) is 3. The molecule has 0 amide bonds. The Bertz CT molecular complexity index is 632. The summed E-state index contributed by atoms with van der Waals surface area (Å²) in [6.07, 6.45) is -61.8. The van der Waals surface area contributed by atoms with Crippen LogP contribution in [0.25, 0.3) is 0 Å². The third kappa shape index (κ3) is 9.59. The van der Waals surface area contributed by atoms with Gasteiger partial charge in [-0.25, -0.2) is 0 Å². The Balaban J connectivity index is -0.000000262. The average Bonchev–Trinajstić information content (AvgIpc) is 2.58. The van der Waals surface area contributed by atoms with Crippen LogP contribution in [-0.4, -0.2) is 87.7 Å². The van der Waals surface area contributed by atoms with Crippen LogP contribution in [0.15, 0.2) is 0 Å². The molecule has 0 rings (SSSR count). The zero-order valence-electron chi connectivity index (χ0n) is 18.0. The van der Waals surface area contributed by atoms with Crippen molar-refractivity contribution in [3.8, 4) is 0 Å². The van der Waals surface area contributed by atoms with Crippen LogP contribution in [0.2, 0.25) is 0 Å². The van der Waals surface area contributed by atoms with Gasteiger partial charge in [0.2, 0.25) is 0 Å². The SMILES string of the molecule is OC(C(F)(F)F)(C(F)(F)F)C(F)(F)F.OC(C(F)(F)F)(C(F)(F)F)C(F)(F)F.OC(C(F)(F)F)(C(F)(F)F)C(F)(F)F.[Mo]. The quantitative estimate of drug-likeness (QED) is 0.179. The Kier molecular flexibility index (Phi) is 14.5. The van der Waals surface area contributed by atoms with Crippen LogP contribution < -0.4 is 0 Å². The molecule has 0 saturated heterocycles. The van der Waals surface area contributed by atoms with Crippen LogP contribution in [0.1, 0.15) is 0 Å². The maximum atomic E-state index is 11.4. The molecule has 0 atom stereocenters. The number of halogens is 27. The maximum absolute atomic E-state index is 11.4. The van der Waals surface area contributed by atoms with Crippen LogP contribution in [-0.2, 0) is 21.1 Å². The summed E-state index contributed by atoms with van der Waals surface area (Å²) in [5.41, 5.74) is -20.1. The minimum absolute atomic E-state index is 0. The second-order valence-electron chi connectivity index (χ2n) is 6.61. The van der Waals surface area contributed by atoms with E-state index in [0.29, 0.717) is 0 Å². The van der Waals surface area contributed by atoms with Crippen molar-refractivity contribution < 1.29 is 155 Å². The summed E-state index contributed by atoms with van der Waals surface area (Å²) in [6, 6.07) is 0. The van der Waals surface area contributed by atoms with Gasteiger partial charge in [-0.1, -0.05) is 0 Å². The van der Waals surface area contributed by atoms with Gasteiger partial charge in [0, 0.05) is 21.1 Å². The van der Waals surface area contributed by atoms with Crippen molar-refractivity contribution in [2.45, 2.75) is 72.4 Å². The van der Waals surface area contributed by atoms with E-state index in [-0.39, 0.29) is 21.1 Å². The van der Waals surface area contributed by atoms with Crippen molar-refractivity contribution in [1.29, 1.82) is 0 Å². The van der Waals surface area contributed by atoms with E-state index in [2.05, 4.69) is 0 Å². The molecular formula is C12H3F27MoO3. The van der Waals surface area contributed by atoms with Gasteiger partial charge in [-0.3, -0.25) is 0 Å². The van der Waals surface area contributed by atoms with Gasteiger partial charge < -0.3 is 15.3 Å². The Morgan fingerprint density at radius 2 is 0.233 bits per heavy atom. The van der Waals surface area contributed by atoms with E-state index in [1.165, 1.54) is 0 Å². The van der Waals surface area contributed by atoms with E-state index in [1.54, 1.807) is 0 Å². The van der Waals surface area contributed by atoms with Crippen molar-refractivity contribution >= 4 is 0 Å². The van der Waals surface area contributed by atoms with E-state index in [0.717, 1.165) is 0 Å². The molecule has 3 N–H and O–H groups in total. The molecule has 0 aliphatic carbocycles. The summed E-state index contributed by atoms with van der Waals surface area (Å²) in [5.74, 6) is 0. The molecule has 0 spiro atoms. The number of alkyl halides is 27. The van der Waals surface area contributed by atoms with Crippen LogP contribution in [0.3, 0.4) is 0 Å². The minimum Gasteiger partial charge on any atom is -0.367 e. The van der Waals surface area contributed by atoms with Crippen molar-refractivity contribution in [2.24, 2.45) is 0 Å². The first-order chi connectivity index (χ1) is 17.2. The van der Waals surface area contributed by atoms with Gasteiger partial charge in [0.05, 0.1) is 0 Å². The molecule has 264 valence electrons. The second kappa shape index (κ2) is 12.8. The molecule has 0 bridgehead atoms. The minimum atomic E-state index is -6.87. The molecular weight excluding hydrogens is 801 g/mol. The molecule has 0 fully saturated rings. The fourth-order valence-corrected chi connectivity index (χ4v) is 1.45. The molecule has 0 aliphatic heterocycles. The van der Waals surface area contributed by atoms with Crippen LogP contribution in [0, 0.1) is 0 Å². The topological polar surface area (TPSA) is 60.7 Å². The van der Waals surface area contributed by atoms with Crippen molar-refractivity contribution in [1.82, 2.24) is 0 Å². The molecule has 0 saturated carbocycles. The smallest absolute Gasteiger partial charge is 0.367 e. The first-order valence-corrected chi connectivity index (χ1v) is 8.02. The van der Waals surface area contributed by atoms with Gasteiger partial charge in [0.15, 0.2) is 0 Å². The standard InChI is InChI=1S/3C4HF9O.Mo/c3*5-2(6,7)1(14,3(8,9)10)4(11,12)13;/h3*14H;. The third-order valence-corrected chi connectivity index (χ3v) is 3.69. The van der Waals surface area contributed by atoms with Gasteiger partial charge in [0.25, 0.3) is 0 Å². The Hall–Kier alpha value is -1.32. The first kappa shape index (κ1) is 48.6. The van der Waals surface area contributed by atoms with Gasteiger partial charge in [0.1, 0.15) is 0 Å². The summed E-state index contributed by atoms with van der Waals surface area (Å²) in [7, 11) is 0. The van der Waals surface area contributed by atoms with Crippen LogP contribution in [0.4, 0.5) is 119 Å². The Morgan fingerprint density at radius 1 is 0.186 bits per heavy atom. The molecule has 0 aromatic carbocycles. The molecule has 0 aromatic heterocycles. The molecule has 0 aliphatic rings. The van der Waals surface area contributed by atoms with E-state index in [9.17, 15) is 119 Å². The van der Waals surface area contributed by atoms with E-state index >= 15 is 0 Å². The largest absolute Gasteiger partial charge is 0.435 e. The normalized spacial score (nSPS) is 15.5. The number of rotatable bonds is 0. The Labute approximate surface area is 228 Å². The molecule has 0 radical (unpaired) electrons. The average molecular weight is 804 g/mol. The molecule has 43 heavy (non-hydrogen) atoms. The molecule has 0 aromatic rings. The van der Waals surface area contributed by atoms with Crippen molar-refractivity contribution in [3.05, 3.63) is 0 Å². The van der Waals surface area contributed by atoms with Gasteiger partial charge in [-0.05, 0) is 0 Å². The van der Waals surface area contributed by atoms with E-state index in [4.69, 9.17) is 15.3 Å². The predicted molar refractivity (Wildman–Crippen MR) is 69.3 cm³/mol. The fraction of sp³-hybridized carbons (Fsp3) is 1.00. The summed E-state index contributed by atoms with van der Waals surface area (Å²) >= 11 is 0. The molecule has 3 nitrogen and oxygen atoms in total. The van der Waals surface area contributed by atoms with Crippen molar-refractivity contribution in [3.63, 3.8) is 0 Å². The first-order valence-electron chi connectivity index (χ1n) is 8.02. The van der Waals surface area contributed by atoms with E-state index < -0.39 is 72.4 Å². The summed E-state index contributed by atoms with van der Waals surface area (Å²) in [5, 5.41) is 22.9. The van der Waals surface area contributed by atoms with Crippen molar-refractivity contribution in [2.75, 3.05) is 0 Å². The molecule has 31 heteroatoms. The number of aliphatic hydroxyl groups is 3. The molecule has 0 heterocycles. The summed E-state index contributed by atoms with van der Waals surface area (Å²) in [4.78, 5) is 0. The zero-order chi connectivity index (χ0) is 36.0.